The van der Waals surface area contributed by atoms with Crippen LogP contribution in [-0.4, -0.2) is 122 Å². The number of likely N-dealkylation sites (tertiary alicyclic amines) is 2. The topological polar surface area (TPSA) is 134 Å². The molecule has 16 heteroatoms. The van der Waals surface area contributed by atoms with Crippen LogP contribution < -0.4 is 26.2 Å². The first-order chi connectivity index (χ1) is 31.4. The van der Waals surface area contributed by atoms with Crippen LogP contribution in [0.15, 0.2) is 106 Å². The molecule has 3 amide bonds. The predicted molar refractivity (Wildman–Crippen MR) is 247 cm³/mol. The second-order valence-electron chi connectivity index (χ2n) is 17.5. The molecule has 4 saturated heterocycles. The predicted octanol–water partition coefficient (Wildman–Crippen LogP) is 6.93. The number of hydrogen-bond donors (Lipinski definition) is 4. The van der Waals surface area contributed by atoms with Gasteiger partial charge in [0.25, 0.3) is 11.8 Å². The minimum Gasteiger partial charge on any atom is -0.494 e. The molecule has 0 bridgehead atoms. The Balaban J connectivity index is 0.824. The lowest BCUT2D eigenvalue weighted by Gasteiger charge is -2.46. The quantitative estimate of drug-likeness (QED) is 0.147. The number of hydrogen-bond acceptors (Lipinski definition) is 11. The molecule has 4 N–H and O–H groups in total. The smallest absolute Gasteiger partial charge is 0.280 e. The average Bonchev–Trinajstić information content (AvgIpc) is 3.28. The van der Waals surface area contributed by atoms with Crippen molar-refractivity contribution in [3.8, 4) is 0 Å². The van der Waals surface area contributed by atoms with Gasteiger partial charge < -0.3 is 35.4 Å². The van der Waals surface area contributed by atoms with Gasteiger partial charge in [-0.1, -0.05) is 19.1 Å². The number of rotatable bonds is 10. The number of allylic oxidation sites excluding steroid dienone is 5. The van der Waals surface area contributed by atoms with E-state index >= 15 is 13.2 Å². The summed E-state index contributed by atoms with van der Waals surface area (Å²) in [5.74, 6) is -3.10. The van der Waals surface area contributed by atoms with E-state index in [2.05, 4.69) is 58.2 Å². The Morgan fingerprint density at radius 2 is 1.75 bits per heavy atom. The van der Waals surface area contributed by atoms with Gasteiger partial charge in [-0.05, 0) is 111 Å². The molecular formula is C49H60F3N9O4. The van der Waals surface area contributed by atoms with Crippen molar-refractivity contribution in [1.29, 1.82) is 0 Å². The number of nitrogens with one attached hydrogen (secondary N) is 4. The van der Waals surface area contributed by atoms with Crippen LogP contribution in [0.4, 0.5) is 30.2 Å². The van der Waals surface area contributed by atoms with Crippen molar-refractivity contribution in [3.63, 3.8) is 0 Å². The lowest BCUT2D eigenvalue weighted by atomic mass is 9.95. The molecule has 2 unspecified atom stereocenters. The first-order valence-corrected chi connectivity index (χ1v) is 22.9. The molecular weight excluding hydrogens is 836 g/mol. The van der Waals surface area contributed by atoms with Crippen LogP contribution >= 0.6 is 0 Å². The summed E-state index contributed by atoms with van der Waals surface area (Å²) < 4.78 is 52.8. The number of piperazine rings is 1. The van der Waals surface area contributed by atoms with Crippen molar-refractivity contribution in [3.05, 3.63) is 112 Å². The van der Waals surface area contributed by atoms with Crippen LogP contribution in [0.1, 0.15) is 76.1 Å². The highest BCUT2D eigenvalue weighted by Gasteiger charge is 2.49. The maximum absolute atomic E-state index is 15.8. The van der Waals surface area contributed by atoms with Crippen LogP contribution in [0.5, 0.6) is 0 Å². The van der Waals surface area contributed by atoms with E-state index in [4.69, 9.17) is 9.73 Å². The number of carbonyl (C=O) groups is 3. The molecule has 4 fully saturated rings. The van der Waals surface area contributed by atoms with E-state index in [1.807, 2.05) is 18.0 Å². The summed E-state index contributed by atoms with van der Waals surface area (Å²) in [5, 5.41) is 12.2. The fourth-order valence-electron chi connectivity index (χ4n) is 9.60. The van der Waals surface area contributed by atoms with Gasteiger partial charge in [0.1, 0.15) is 30.1 Å². The van der Waals surface area contributed by atoms with Crippen LogP contribution in [0.2, 0.25) is 0 Å². The maximum Gasteiger partial charge on any atom is 0.280 e. The van der Waals surface area contributed by atoms with Gasteiger partial charge in [-0.15, -0.1) is 0 Å². The number of carbonyl (C=O) groups excluding carboxylic acids is 3. The molecule has 8 rings (SSSR count). The van der Waals surface area contributed by atoms with Gasteiger partial charge in [-0.2, -0.15) is 0 Å². The Morgan fingerprint density at radius 3 is 2.48 bits per heavy atom. The molecule has 0 radical (unpaired) electrons. The summed E-state index contributed by atoms with van der Waals surface area (Å²) >= 11 is 0. The highest BCUT2D eigenvalue weighted by Crippen LogP contribution is 2.35. The number of fused-ring (bicyclic) bond motifs is 1. The number of benzene rings is 2. The number of alkyl halides is 2. The normalized spacial score (nSPS) is 24.3. The molecule has 13 nitrogen and oxygen atoms in total. The van der Waals surface area contributed by atoms with Gasteiger partial charge >= 0.3 is 0 Å². The largest absolute Gasteiger partial charge is 0.494 e. The first-order valence-electron chi connectivity index (χ1n) is 22.9. The number of anilines is 3. The standard InChI is InChI=1S/C49H60F3N9O4/c1-4-5-8-41(32(2)46-33(3)65-27-20-53-46)60-21-18-35-29-54-44(9-6-7-36(35)30-60)56-37-12-10-34(11-13-37)48(64)61-22-19-43(49(51,52)31-61)59-25-23-58(24-26-59)42-16-14-38(28-39(42)50)55-40-15-17-45(62)57-47(40)63/h5,7-8,10-14,16,28-29,40,43,53,55H,4,6,9,15,17-27,30-31H2,1-3H3,(H,54,56)(H,57,62,63)/b8-5+,35-29-,36-7?,41-32+. The Labute approximate surface area is 379 Å². The van der Waals surface area contributed by atoms with Gasteiger partial charge in [0.2, 0.25) is 11.8 Å². The number of amides is 3. The molecule has 0 aromatic heterocycles. The lowest BCUT2D eigenvalue weighted by molar-refractivity contribution is -0.133. The fraction of sp³-hybridized carbons (Fsp3) is 0.469. The fourth-order valence-corrected chi connectivity index (χ4v) is 9.60. The van der Waals surface area contributed by atoms with Crippen LogP contribution in [-0.2, 0) is 14.3 Å². The summed E-state index contributed by atoms with van der Waals surface area (Å²) in [4.78, 5) is 49.3. The van der Waals surface area contributed by atoms with Gasteiger partial charge in [0.15, 0.2) is 0 Å². The van der Waals surface area contributed by atoms with E-state index in [1.165, 1.54) is 33.4 Å². The Kier molecular flexibility index (Phi) is 14.0. The van der Waals surface area contributed by atoms with Crippen LogP contribution in [0, 0.1) is 5.82 Å². The monoisotopic (exact) mass is 895 g/mol. The zero-order chi connectivity index (χ0) is 45.7. The van der Waals surface area contributed by atoms with E-state index < -0.39 is 42.2 Å². The average molecular weight is 896 g/mol. The van der Waals surface area contributed by atoms with E-state index in [1.54, 1.807) is 41.3 Å². The maximum atomic E-state index is 15.8. The zero-order valence-electron chi connectivity index (χ0n) is 37.5. The van der Waals surface area contributed by atoms with E-state index in [0.717, 1.165) is 61.9 Å². The summed E-state index contributed by atoms with van der Waals surface area (Å²) in [7, 11) is 0. The molecule has 65 heavy (non-hydrogen) atoms. The number of halogens is 3. The number of ether oxygens (including phenoxy) is 1. The Morgan fingerprint density at radius 1 is 0.969 bits per heavy atom. The highest BCUT2D eigenvalue weighted by atomic mass is 19.3. The third-order valence-corrected chi connectivity index (χ3v) is 13.2. The van der Waals surface area contributed by atoms with Crippen LogP contribution in [0.3, 0.4) is 0 Å². The molecule has 346 valence electrons. The van der Waals surface area contributed by atoms with Gasteiger partial charge in [0, 0.05) is 94.0 Å². The number of aliphatic imine (C=N–C) groups is 1. The second kappa shape index (κ2) is 20.0. The van der Waals surface area contributed by atoms with Gasteiger partial charge in [-0.3, -0.25) is 24.6 Å². The van der Waals surface area contributed by atoms with E-state index in [9.17, 15) is 14.4 Å². The highest BCUT2D eigenvalue weighted by molar-refractivity contribution is 6.01. The summed E-state index contributed by atoms with van der Waals surface area (Å²) in [6.45, 7) is 10.3. The number of piperidine rings is 3. The van der Waals surface area contributed by atoms with E-state index in [-0.39, 0.29) is 25.3 Å². The molecule has 0 spiro atoms. The van der Waals surface area contributed by atoms with Crippen molar-refractivity contribution in [2.24, 2.45) is 4.99 Å². The minimum absolute atomic E-state index is 0.120. The van der Waals surface area contributed by atoms with Gasteiger partial charge in [-0.25, -0.2) is 18.2 Å². The van der Waals surface area contributed by atoms with Gasteiger partial charge in [0.05, 0.1) is 24.0 Å². The molecule has 2 atom stereocenters. The zero-order valence-corrected chi connectivity index (χ0v) is 37.5. The Bertz CT molecular complexity index is 2330. The minimum atomic E-state index is -3.13. The SMILES string of the molecule is CC/C=C/C(=C(/C)C1=C(C)OCCN1)N1CC/C2=C/N=C(Nc3ccc(C(=O)N4CCC(N5CCN(c6ccc(NC7CCC(=O)NC7=O)cc6F)CC5)C(F)(F)C4)cc3)CCC=C2C1. The van der Waals surface area contributed by atoms with Crippen molar-refractivity contribution < 1.29 is 32.3 Å². The molecule has 6 aliphatic heterocycles. The van der Waals surface area contributed by atoms with Crippen molar-refractivity contribution >= 4 is 40.6 Å². The molecule has 6 heterocycles. The third-order valence-electron chi connectivity index (χ3n) is 13.2. The summed E-state index contributed by atoms with van der Waals surface area (Å²) in [5.41, 5.74) is 7.82. The second-order valence-corrected chi connectivity index (χ2v) is 17.5. The number of amidine groups is 1. The van der Waals surface area contributed by atoms with Crippen molar-refractivity contribution in [1.82, 2.24) is 25.3 Å². The third kappa shape index (κ3) is 10.6. The number of imide groups is 1. The Hall–Kier alpha value is -6.03. The first kappa shape index (κ1) is 45.5. The van der Waals surface area contributed by atoms with E-state index in [0.29, 0.717) is 62.6 Å². The van der Waals surface area contributed by atoms with Crippen molar-refractivity contribution in [2.75, 3.05) is 81.0 Å². The molecule has 0 aliphatic carbocycles. The molecule has 2 aromatic rings. The summed E-state index contributed by atoms with van der Waals surface area (Å²) in [6.07, 6.45) is 12.7. The van der Waals surface area contributed by atoms with Crippen molar-refractivity contribution in [2.45, 2.75) is 83.7 Å². The van der Waals surface area contributed by atoms with Crippen LogP contribution in [0.25, 0.3) is 0 Å². The molecule has 2 aromatic carbocycles. The number of nitrogens with zero attached hydrogens (tertiary/aromatic N) is 5. The summed E-state index contributed by atoms with van der Waals surface area (Å²) in [6, 6.07) is 9.87. The lowest BCUT2D eigenvalue weighted by Crippen LogP contribution is -2.62. The molecule has 0 saturated carbocycles. The molecule has 6 aliphatic rings.